The van der Waals surface area contributed by atoms with Crippen molar-refractivity contribution in [3.8, 4) is 0 Å². The minimum Gasteiger partial charge on any atom is -0.362 e. The van der Waals surface area contributed by atoms with Gasteiger partial charge in [0.05, 0.1) is 13.2 Å². The molecule has 0 N–H and O–H groups in total. The number of hydrogen-bond acceptors (Lipinski definition) is 4. The van der Waals surface area contributed by atoms with Crippen molar-refractivity contribution in [2.24, 2.45) is 0 Å². The highest BCUT2D eigenvalue weighted by Crippen LogP contribution is 2.34. The Labute approximate surface area is 109 Å². The molecular formula is C14H24O4. The van der Waals surface area contributed by atoms with Crippen LogP contribution < -0.4 is 0 Å². The molecule has 2 heterocycles. The highest BCUT2D eigenvalue weighted by atomic mass is 16.8. The molecule has 2 fully saturated rings. The van der Waals surface area contributed by atoms with Crippen LogP contribution in [0.15, 0.2) is 0 Å². The van der Waals surface area contributed by atoms with Crippen LogP contribution >= 0.6 is 0 Å². The predicted molar refractivity (Wildman–Crippen MR) is 67.4 cm³/mol. The van der Waals surface area contributed by atoms with Crippen molar-refractivity contribution in [2.75, 3.05) is 19.8 Å². The maximum atomic E-state index is 12.2. The Balaban J connectivity index is 1.97. The van der Waals surface area contributed by atoms with Crippen LogP contribution in [0.2, 0.25) is 0 Å². The molecule has 2 aliphatic heterocycles. The summed E-state index contributed by atoms with van der Waals surface area (Å²) in [4.78, 5) is 12.2. The van der Waals surface area contributed by atoms with Crippen molar-refractivity contribution >= 4 is 5.78 Å². The Bertz CT molecular complexity index is 296. The topological polar surface area (TPSA) is 44.8 Å². The summed E-state index contributed by atoms with van der Waals surface area (Å²) in [5, 5.41) is 0. The summed E-state index contributed by atoms with van der Waals surface area (Å²) in [5.74, 6) is -0.465. The summed E-state index contributed by atoms with van der Waals surface area (Å²) in [5.41, 5.74) is -0.645. The average Bonchev–Trinajstić information content (AvgIpc) is 2.79. The Morgan fingerprint density at radius 1 is 1.17 bits per heavy atom. The van der Waals surface area contributed by atoms with E-state index >= 15 is 0 Å². The van der Waals surface area contributed by atoms with E-state index in [-0.39, 0.29) is 5.78 Å². The molecule has 1 atom stereocenters. The van der Waals surface area contributed by atoms with Gasteiger partial charge in [-0.2, -0.15) is 0 Å². The van der Waals surface area contributed by atoms with Crippen LogP contribution in [0.25, 0.3) is 0 Å². The zero-order valence-electron chi connectivity index (χ0n) is 11.5. The second-order valence-electron chi connectivity index (χ2n) is 5.51. The van der Waals surface area contributed by atoms with Crippen LogP contribution in [0.1, 0.15) is 52.4 Å². The van der Waals surface area contributed by atoms with Crippen molar-refractivity contribution in [3.05, 3.63) is 0 Å². The number of carbonyl (C=O) groups is 1. The zero-order chi connectivity index (χ0) is 13.1. The van der Waals surface area contributed by atoms with E-state index in [1.54, 1.807) is 0 Å². The van der Waals surface area contributed by atoms with Gasteiger partial charge in [-0.25, -0.2) is 0 Å². The molecule has 0 aromatic heterocycles. The highest BCUT2D eigenvalue weighted by Gasteiger charge is 2.45. The van der Waals surface area contributed by atoms with E-state index in [4.69, 9.17) is 14.2 Å². The first-order chi connectivity index (χ1) is 8.60. The van der Waals surface area contributed by atoms with Gasteiger partial charge in [-0.3, -0.25) is 4.79 Å². The lowest BCUT2D eigenvalue weighted by Crippen LogP contribution is -2.40. The second kappa shape index (κ2) is 5.68. The molecule has 0 bridgehead atoms. The Morgan fingerprint density at radius 2 is 1.89 bits per heavy atom. The van der Waals surface area contributed by atoms with Crippen molar-refractivity contribution in [1.82, 2.24) is 0 Å². The van der Waals surface area contributed by atoms with Gasteiger partial charge in [0.25, 0.3) is 0 Å². The van der Waals surface area contributed by atoms with E-state index in [1.807, 2.05) is 6.92 Å². The highest BCUT2D eigenvalue weighted by molar-refractivity contribution is 5.87. The number of ketones is 1. The summed E-state index contributed by atoms with van der Waals surface area (Å²) in [6, 6.07) is 0. The van der Waals surface area contributed by atoms with Gasteiger partial charge in [0.15, 0.2) is 11.6 Å². The molecule has 2 saturated heterocycles. The Kier molecular flexibility index (Phi) is 4.41. The number of Topliss-reactive ketones (excluding diaryl/α,β-unsaturated/α-hetero) is 1. The van der Waals surface area contributed by atoms with Gasteiger partial charge in [0.1, 0.15) is 12.2 Å². The molecule has 0 amide bonds. The van der Waals surface area contributed by atoms with Gasteiger partial charge in [-0.05, 0) is 13.3 Å². The molecular weight excluding hydrogens is 232 g/mol. The SMILES string of the molecule is CCCCCC1(C)OCC2(CCC1=O)OCCO2. The van der Waals surface area contributed by atoms with Crippen LogP contribution in [0.5, 0.6) is 0 Å². The average molecular weight is 256 g/mol. The molecule has 4 nitrogen and oxygen atoms in total. The van der Waals surface area contributed by atoms with Gasteiger partial charge in [-0.15, -0.1) is 0 Å². The molecule has 0 saturated carbocycles. The molecule has 1 spiro atoms. The largest absolute Gasteiger partial charge is 0.362 e. The number of ether oxygens (including phenoxy) is 3. The Hall–Kier alpha value is -0.450. The minimum absolute atomic E-state index is 0.189. The second-order valence-corrected chi connectivity index (χ2v) is 5.51. The summed E-state index contributed by atoms with van der Waals surface area (Å²) >= 11 is 0. The maximum absolute atomic E-state index is 12.2. The van der Waals surface area contributed by atoms with E-state index < -0.39 is 11.4 Å². The molecule has 1 unspecified atom stereocenters. The fraction of sp³-hybridized carbons (Fsp3) is 0.929. The van der Waals surface area contributed by atoms with Gasteiger partial charge in [0, 0.05) is 12.8 Å². The molecule has 18 heavy (non-hydrogen) atoms. The van der Waals surface area contributed by atoms with Crippen LogP contribution in [-0.2, 0) is 19.0 Å². The summed E-state index contributed by atoms with van der Waals surface area (Å²) in [6.07, 6.45) is 5.24. The first kappa shape index (κ1) is 14.0. The normalized spacial score (nSPS) is 31.8. The maximum Gasteiger partial charge on any atom is 0.192 e. The first-order valence-corrected chi connectivity index (χ1v) is 7.05. The third kappa shape index (κ3) is 2.92. The van der Waals surface area contributed by atoms with E-state index in [9.17, 15) is 4.79 Å². The standard InChI is InChI=1S/C14H24O4/c1-3-4-5-7-13(2)12(15)6-8-14(11-18-13)16-9-10-17-14/h3-11H2,1-2H3. The summed E-state index contributed by atoms with van der Waals surface area (Å²) in [6.45, 7) is 5.65. The van der Waals surface area contributed by atoms with Crippen LogP contribution in [-0.4, -0.2) is 37.0 Å². The van der Waals surface area contributed by atoms with E-state index in [0.717, 1.165) is 25.7 Å². The fourth-order valence-corrected chi connectivity index (χ4v) is 2.64. The smallest absolute Gasteiger partial charge is 0.192 e. The number of rotatable bonds is 4. The van der Waals surface area contributed by atoms with E-state index in [1.165, 1.54) is 0 Å². The van der Waals surface area contributed by atoms with Crippen LogP contribution in [0.3, 0.4) is 0 Å². The van der Waals surface area contributed by atoms with Crippen LogP contribution in [0.4, 0.5) is 0 Å². The number of hydrogen-bond donors (Lipinski definition) is 0. The minimum atomic E-state index is -0.655. The third-order valence-electron chi connectivity index (χ3n) is 4.00. The number of unbranched alkanes of at least 4 members (excludes halogenated alkanes) is 2. The lowest BCUT2D eigenvalue weighted by molar-refractivity contribution is -0.207. The van der Waals surface area contributed by atoms with E-state index in [0.29, 0.717) is 32.7 Å². The zero-order valence-corrected chi connectivity index (χ0v) is 11.5. The lowest BCUT2D eigenvalue weighted by Gasteiger charge is -2.29. The molecule has 0 aliphatic carbocycles. The molecule has 104 valence electrons. The van der Waals surface area contributed by atoms with Crippen molar-refractivity contribution < 1.29 is 19.0 Å². The number of carbonyl (C=O) groups excluding carboxylic acids is 1. The summed E-state index contributed by atoms with van der Waals surface area (Å²) < 4.78 is 17.1. The summed E-state index contributed by atoms with van der Waals surface area (Å²) in [7, 11) is 0. The van der Waals surface area contributed by atoms with Crippen molar-refractivity contribution in [3.63, 3.8) is 0 Å². The van der Waals surface area contributed by atoms with Gasteiger partial charge >= 0.3 is 0 Å². The van der Waals surface area contributed by atoms with Gasteiger partial charge in [-0.1, -0.05) is 26.2 Å². The molecule has 0 radical (unpaired) electrons. The molecule has 4 heteroatoms. The molecule has 0 aromatic carbocycles. The van der Waals surface area contributed by atoms with Gasteiger partial charge in [0.2, 0.25) is 0 Å². The van der Waals surface area contributed by atoms with Crippen molar-refractivity contribution in [1.29, 1.82) is 0 Å². The quantitative estimate of drug-likeness (QED) is 0.725. The monoisotopic (exact) mass is 256 g/mol. The third-order valence-corrected chi connectivity index (χ3v) is 4.00. The van der Waals surface area contributed by atoms with Gasteiger partial charge < -0.3 is 14.2 Å². The van der Waals surface area contributed by atoms with E-state index in [2.05, 4.69) is 6.92 Å². The molecule has 2 aliphatic rings. The van der Waals surface area contributed by atoms with Crippen molar-refractivity contribution in [2.45, 2.75) is 63.8 Å². The van der Waals surface area contributed by atoms with Crippen LogP contribution in [0, 0.1) is 0 Å². The fourth-order valence-electron chi connectivity index (χ4n) is 2.64. The Morgan fingerprint density at radius 3 is 2.56 bits per heavy atom. The first-order valence-electron chi connectivity index (χ1n) is 7.05. The lowest BCUT2D eigenvalue weighted by atomic mass is 9.91. The molecule has 0 aromatic rings. The molecule has 2 rings (SSSR count). The predicted octanol–water partition coefficient (Wildman–Crippen LogP) is 2.45.